The van der Waals surface area contributed by atoms with Crippen LogP contribution in [0.1, 0.15) is 12.2 Å². The lowest BCUT2D eigenvalue weighted by Gasteiger charge is -2.11. The van der Waals surface area contributed by atoms with Crippen molar-refractivity contribution in [2.75, 3.05) is 26.7 Å². The van der Waals surface area contributed by atoms with Crippen molar-refractivity contribution in [1.29, 1.82) is 0 Å². The number of benzene rings is 1. The Bertz CT molecular complexity index is 544. The number of para-hydroxylation sites is 1. The number of halogens is 1. The molecule has 0 aliphatic carbocycles. The molecule has 126 valence electrons. The van der Waals surface area contributed by atoms with Crippen molar-refractivity contribution in [2.45, 2.75) is 12.8 Å². The van der Waals surface area contributed by atoms with E-state index in [0.29, 0.717) is 6.61 Å². The average Bonchev–Trinajstić information content (AvgIpc) is 3.07. The molecular weight excluding hydrogens is 405 g/mol. The molecular formula is C17H24IN3O2. The normalized spacial score (nSPS) is 10.7. The second kappa shape index (κ2) is 11.8. The van der Waals surface area contributed by atoms with Gasteiger partial charge in [-0.2, -0.15) is 0 Å². The SMILES string of the molecule is CN=C(NCCCOc1ccccc1)NCCc1ccco1.I. The Balaban J connectivity index is 0.00000264. The van der Waals surface area contributed by atoms with Crippen molar-refractivity contribution in [2.24, 2.45) is 4.99 Å². The first-order valence-corrected chi connectivity index (χ1v) is 7.53. The third-order valence-corrected chi connectivity index (χ3v) is 3.09. The lowest BCUT2D eigenvalue weighted by atomic mass is 10.3. The van der Waals surface area contributed by atoms with Gasteiger partial charge in [-0.15, -0.1) is 24.0 Å². The molecule has 0 fully saturated rings. The van der Waals surface area contributed by atoms with E-state index in [1.54, 1.807) is 13.3 Å². The zero-order chi connectivity index (χ0) is 15.5. The summed E-state index contributed by atoms with van der Waals surface area (Å²) in [4.78, 5) is 4.19. The Hall–Kier alpha value is -1.70. The van der Waals surface area contributed by atoms with Gasteiger partial charge in [0.15, 0.2) is 5.96 Å². The Kier molecular flexibility index (Phi) is 9.94. The topological polar surface area (TPSA) is 58.8 Å². The minimum absolute atomic E-state index is 0. The van der Waals surface area contributed by atoms with Crippen molar-refractivity contribution in [1.82, 2.24) is 10.6 Å². The van der Waals surface area contributed by atoms with Crippen LogP contribution in [0.15, 0.2) is 58.1 Å². The third kappa shape index (κ3) is 7.92. The molecule has 2 N–H and O–H groups in total. The molecule has 6 heteroatoms. The number of hydrogen-bond donors (Lipinski definition) is 2. The summed E-state index contributed by atoms with van der Waals surface area (Å²) in [6.45, 7) is 2.28. The van der Waals surface area contributed by atoms with Gasteiger partial charge in [0.05, 0.1) is 12.9 Å². The number of guanidine groups is 1. The van der Waals surface area contributed by atoms with Crippen LogP contribution in [-0.4, -0.2) is 32.7 Å². The summed E-state index contributed by atoms with van der Waals surface area (Å²) in [5, 5.41) is 6.52. The lowest BCUT2D eigenvalue weighted by Crippen LogP contribution is -2.39. The van der Waals surface area contributed by atoms with Gasteiger partial charge < -0.3 is 19.8 Å². The van der Waals surface area contributed by atoms with E-state index >= 15 is 0 Å². The van der Waals surface area contributed by atoms with E-state index in [0.717, 1.165) is 43.4 Å². The highest BCUT2D eigenvalue weighted by atomic mass is 127. The van der Waals surface area contributed by atoms with Crippen LogP contribution in [0.3, 0.4) is 0 Å². The molecule has 0 atom stereocenters. The number of nitrogens with one attached hydrogen (secondary N) is 2. The molecule has 1 aromatic carbocycles. The molecule has 0 saturated heterocycles. The molecule has 0 aliphatic heterocycles. The molecule has 0 bridgehead atoms. The van der Waals surface area contributed by atoms with Gasteiger partial charge in [0.25, 0.3) is 0 Å². The maximum Gasteiger partial charge on any atom is 0.190 e. The van der Waals surface area contributed by atoms with Crippen molar-refractivity contribution in [3.05, 3.63) is 54.5 Å². The standard InChI is InChI=1S/C17H23N3O2.HI/c1-18-17(20-12-10-16-9-5-13-21-16)19-11-6-14-22-15-7-3-2-4-8-15;/h2-5,7-9,13H,6,10-12,14H2,1H3,(H2,18,19,20);1H. The lowest BCUT2D eigenvalue weighted by molar-refractivity contribution is 0.311. The van der Waals surface area contributed by atoms with Crippen LogP contribution in [0.2, 0.25) is 0 Å². The first-order chi connectivity index (χ1) is 10.9. The molecule has 2 aromatic rings. The fourth-order valence-corrected chi connectivity index (χ4v) is 1.97. The molecule has 0 amide bonds. The summed E-state index contributed by atoms with van der Waals surface area (Å²) in [7, 11) is 1.77. The van der Waals surface area contributed by atoms with Gasteiger partial charge in [-0.3, -0.25) is 4.99 Å². The molecule has 0 radical (unpaired) electrons. The molecule has 23 heavy (non-hydrogen) atoms. The zero-order valence-electron chi connectivity index (χ0n) is 13.3. The van der Waals surface area contributed by atoms with Crippen molar-refractivity contribution in [3.8, 4) is 5.75 Å². The highest BCUT2D eigenvalue weighted by molar-refractivity contribution is 14.0. The summed E-state index contributed by atoms with van der Waals surface area (Å²) < 4.78 is 10.9. The Morgan fingerprint density at radius 1 is 1.09 bits per heavy atom. The number of rotatable bonds is 8. The van der Waals surface area contributed by atoms with Gasteiger partial charge in [-0.25, -0.2) is 0 Å². The summed E-state index contributed by atoms with van der Waals surface area (Å²) in [5.74, 6) is 2.67. The highest BCUT2D eigenvalue weighted by Gasteiger charge is 1.99. The predicted octanol–water partition coefficient (Wildman–Crippen LogP) is 3.07. The van der Waals surface area contributed by atoms with Gasteiger partial charge >= 0.3 is 0 Å². The quantitative estimate of drug-likeness (QED) is 0.293. The van der Waals surface area contributed by atoms with Crippen molar-refractivity contribution < 1.29 is 9.15 Å². The van der Waals surface area contributed by atoms with E-state index in [-0.39, 0.29) is 24.0 Å². The maximum atomic E-state index is 5.64. The van der Waals surface area contributed by atoms with Crippen molar-refractivity contribution >= 4 is 29.9 Å². The van der Waals surface area contributed by atoms with Crippen LogP contribution in [-0.2, 0) is 6.42 Å². The van der Waals surface area contributed by atoms with E-state index < -0.39 is 0 Å². The van der Waals surface area contributed by atoms with E-state index in [1.165, 1.54) is 0 Å². The number of furan rings is 1. The van der Waals surface area contributed by atoms with Gasteiger partial charge in [-0.05, 0) is 30.7 Å². The van der Waals surface area contributed by atoms with Crippen LogP contribution in [0.4, 0.5) is 0 Å². The Labute approximate surface area is 154 Å². The Morgan fingerprint density at radius 3 is 2.57 bits per heavy atom. The summed E-state index contributed by atoms with van der Waals surface area (Å²) in [6.07, 6.45) is 3.44. The summed E-state index contributed by atoms with van der Waals surface area (Å²) in [6, 6.07) is 13.7. The van der Waals surface area contributed by atoms with Gasteiger partial charge in [-0.1, -0.05) is 18.2 Å². The predicted molar refractivity (Wildman–Crippen MR) is 104 cm³/mol. The maximum absolute atomic E-state index is 5.64. The second-order valence-electron chi connectivity index (χ2n) is 4.77. The Morgan fingerprint density at radius 2 is 1.87 bits per heavy atom. The number of nitrogens with zero attached hydrogens (tertiary/aromatic N) is 1. The van der Waals surface area contributed by atoms with E-state index in [2.05, 4.69) is 15.6 Å². The summed E-state index contributed by atoms with van der Waals surface area (Å²) >= 11 is 0. The molecule has 0 saturated carbocycles. The zero-order valence-corrected chi connectivity index (χ0v) is 15.7. The number of aliphatic imine (C=N–C) groups is 1. The van der Waals surface area contributed by atoms with E-state index in [9.17, 15) is 0 Å². The first-order valence-electron chi connectivity index (χ1n) is 7.53. The summed E-state index contributed by atoms with van der Waals surface area (Å²) in [5.41, 5.74) is 0. The minimum Gasteiger partial charge on any atom is -0.494 e. The molecule has 1 aromatic heterocycles. The highest BCUT2D eigenvalue weighted by Crippen LogP contribution is 2.07. The monoisotopic (exact) mass is 429 g/mol. The fraction of sp³-hybridized carbons (Fsp3) is 0.353. The molecule has 1 heterocycles. The number of ether oxygens (including phenoxy) is 1. The molecule has 2 rings (SSSR count). The smallest absolute Gasteiger partial charge is 0.190 e. The molecule has 0 spiro atoms. The molecule has 5 nitrogen and oxygen atoms in total. The van der Waals surface area contributed by atoms with Gasteiger partial charge in [0, 0.05) is 26.6 Å². The van der Waals surface area contributed by atoms with Crippen LogP contribution in [0.25, 0.3) is 0 Å². The fourth-order valence-electron chi connectivity index (χ4n) is 1.97. The van der Waals surface area contributed by atoms with Crippen LogP contribution in [0, 0.1) is 0 Å². The van der Waals surface area contributed by atoms with Crippen LogP contribution < -0.4 is 15.4 Å². The minimum atomic E-state index is 0. The van der Waals surface area contributed by atoms with Gasteiger partial charge in [0.2, 0.25) is 0 Å². The van der Waals surface area contributed by atoms with Crippen molar-refractivity contribution in [3.63, 3.8) is 0 Å². The molecule has 0 aliphatic rings. The van der Waals surface area contributed by atoms with Gasteiger partial charge in [0.1, 0.15) is 11.5 Å². The van der Waals surface area contributed by atoms with Crippen LogP contribution in [0.5, 0.6) is 5.75 Å². The second-order valence-corrected chi connectivity index (χ2v) is 4.77. The number of hydrogen-bond acceptors (Lipinski definition) is 3. The first kappa shape index (κ1) is 19.3. The average molecular weight is 429 g/mol. The van der Waals surface area contributed by atoms with Crippen LogP contribution >= 0.6 is 24.0 Å². The molecule has 0 unspecified atom stereocenters. The van der Waals surface area contributed by atoms with E-state index in [4.69, 9.17) is 9.15 Å². The largest absolute Gasteiger partial charge is 0.494 e. The third-order valence-electron chi connectivity index (χ3n) is 3.09. The van der Waals surface area contributed by atoms with E-state index in [1.807, 2.05) is 42.5 Å².